The van der Waals surface area contributed by atoms with Gasteiger partial charge in [0.2, 0.25) is 5.91 Å². The number of aryl methyl sites for hydroxylation is 1. The van der Waals surface area contributed by atoms with E-state index in [9.17, 15) is 9.59 Å². The SMILES string of the molecule is Cc1cc(=O)nc2c3ccccc3n([C@@H](C)C(=O)NCCCN3CCN(C4CCCCC4)CC3)n12. The third kappa shape index (κ3) is 5.00. The molecular weight excluding hydrogens is 440 g/mol. The number of fused-ring (bicyclic) bond motifs is 3. The van der Waals surface area contributed by atoms with E-state index in [1.54, 1.807) is 0 Å². The van der Waals surface area contributed by atoms with Gasteiger partial charge in [0.15, 0.2) is 5.65 Å². The minimum Gasteiger partial charge on any atom is -0.354 e. The Kier molecular flexibility index (Phi) is 7.20. The van der Waals surface area contributed by atoms with E-state index in [1.165, 1.54) is 51.3 Å². The molecule has 1 aliphatic heterocycles. The number of aromatic nitrogens is 3. The highest BCUT2D eigenvalue weighted by atomic mass is 16.2. The Bertz CT molecular complexity index is 1230. The second kappa shape index (κ2) is 10.5. The Balaban J connectivity index is 1.17. The van der Waals surface area contributed by atoms with E-state index >= 15 is 0 Å². The van der Waals surface area contributed by atoms with Gasteiger partial charge in [-0.2, -0.15) is 4.98 Å². The van der Waals surface area contributed by atoms with Gasteiger partial charge in [-0.05, 0) is 51.8 Å². The van der Waals surface area contributed by atoms with Gasteiger partial charge < -0.3 is 10.2 Å². The van der Waals surface area contributed by atoms with Crippen LogP contribution in [0.15, 0.2) is 35.1 Å². The van der Waals surface area contributed by atoms with Crippen LogP contribution in [0.4, 0.5) is 0 Å². The lowest BCUT2D eigenvalue weighted by atomic mass is 9.94. The summed E-state index contributed by atoms with van der Waals surface area (Å²) in [6.07, 6.45) is 7.90. The number of rotatable bonds is 7. The lowest BCUT2D eigenvalue weighted by Crippen LogP contribution is -2.51. The minimum atomic E-state index is -0.431. The standard InChI is InChI=1S/C27H38N6O2/c1-20-19-25(34)29-26-23-11-6-7-12-24(23)33(32(20)26)21(2)27(35)28-13-8-14-30-15-17-31(18-16-30)22-9-4-3-5-10-22/h6-7,11-12,19,21-22H,3-5,8-10,13-18H2,1-2H3,(H,28,35)/t21-/m0/s1. The fourth-order valence-corrected chi connectivity index (χ4v) is 5.96. The number of nitrogens with one attached hydrogen (secondary N) is 1. The van der Waals surface area contributed by atoms with Gasteiger partial charge in [0.25, 0.3) is 5.56 Å². The molecule has 1 aromatic carbocycles. The van der Waals surface area contributed by atoms with Gasteiger partial charge in [-0.15, -0.1) is 0 Å². The first-order chi connectivity index (χ1) is 17.0. The van der Waals surface area contributed by atoms with Crippen molar-refractivity contribution in [2.75, 3.05) is 39.3 Å². The molecule has 1 saturated heterocycles. The molecule has 0 radical (unpaired) electrons. The summed E-state index contributed by atoms with van der Waals surface area (Å²) < 4.78 is 3.84. The number of hydrogen-bond acceptors (Lipinski definition) is 5. The van der Waals surface area contributed by atoms with E-state index < -0.39 is 6.04 Å². The first kappa shape index (κ1) is 24.0. The molecule has 2 aromatic heterocycles. The van der Waals surface area contributed by atoms with Crippen LogP contribution in [0.25, 0.3) is 16.6 Å². The molecule has 2 aliphatic rings. The van der Waals surface area contributed by atoms with Crippen molar-refractivity contribution < 1.29 is 4.79 Å². The number of amides is 1. The van der Waals surface area contributed by atoms with Crippen LogP contribution in [0.5, 0.6) is 0 Å². The zero-order chi connectivity index (χ0) is 24.4. The molecule has 1 N–H and O–H groups in total. The smallest absolute Gasteiger partial charge is 0.273 e. The van der Waals surface area contributed by atoms with E-state index in [-0.39, 0.29) is 11.5 Å². The third-order valence-corrected chi connectivity index (χ3v) is 7.89. The number of hydrogen-bond donors (Lipinski definition) is 1. The molecule has 8 nitrogen and oxygen atoms in total. The van der Waals surface area contributed by atoms with Gasteiger partial charge in [0, 0.05) is 55.9 Å². The molecule has 1 saturated carbocycles. The first-order valence-corrected chi connectivity index (χ1v) is 13.3. The van der Waals surface area contributed by atoms with Crippen LogP contribution in [0.1, 0.15) is 57.2 Å². The molecule has 8 heteroatoms. The number of benzene rings is 1. The molecule has 1 amide bonds. The van der Waals surface area contributed by atoms with Crippen molar-refractivity contribution in [3.05, 3.63) is 46.4 Å². The fourth-order valence-electron chi connectivity index (χ4n) is 5.96. The summed E-state index contributed by atoms with van der Waals surface area (Å²) in [7, 11) is 0. The van der Waals surface area contributed by atoms with Crippen molar-refractivity contribution in [3.8, 4) is 0 Å². The molecule has 3 aromatic rings. The number of carbonyl (C=O) groups excluding carboxylic acids is 1. The molecule has 188 valence electrons. The van der Waals surface area contributed by atoms with Crippen LogP contribution in [0, 0.1) is 6.92 Å². The van der Waals surface area contributed by atoms with E-state index in [0.29, 0.717) is 12.2 Å². The summed E-state index contributed by atoms with van der Waals surface area (Å²) in [4.78, 5) is 34.6. The predicted octanol–water partition coefficient (Wildman–Crippen LogP) is 2.98. The van der Waals surface area contributed by atoms with Crippen LogP contribution >= 0.6 is 0 Å². The maximum absolute atomic E-state index is 13.1. The molecule has 2 fully saturated rings. The highest BCUT2D eigenvalue weighted by Gasteiger charge is 2.25. The third-order valence-electron chi connectivity index (χ3n) is 7.89. The van der Waals surface area contributed by atoms with E-state index in [4.69, 9.17) is 0 Å². The average molecular weight is 479 g/mol. The zero-order valence-electron chi connectivity index (χ0n) is 21.1. The Labute approximate surface area is 206 Å². The molecule has 0 spiro atoms. The second-order valence-corrected chi connectivity index (χ2v) is 10.2. The summed E-state index contributed by atoms with van der Waals surface area (Å²) in [5.74, 6) is -0.0205. The van der Waals surface area contributed by atoms with Gasteiger partial charge in [-0.3, -0.25) is 19.2 Å². The molecule has 35 heavy (non-hydrogen) atoms. The molecular formula is C27H38N6O2. The van der Waals surface area contributed by atoms with Gasteiger partial charge in [0.05, 0.1) is 5.52 Å². The first-order valence-electron chi connectivity index (χ1n) is 13.3. The Morgan fingerprint density at radius 3 is 2.63 bits per heavy atom. The summed E-state index contributed by atoms with van der Waals surface area (Å²) >= 11 is 0. The number of para-hydroxylation sites is 1. The van der Waals surface area contributed by atoms with Gasteiger partial charge in [0.1, 0.15) is 6.04 Å². The van der Waals surface area contributed by atoms with Crippen LogP contribution in [0.2, 0.25) is 0 Å². The van der Waals surface area contributed by atoms with Crippen molar-refractivity contribution in [1.29, 1.82) is 0 Å². The Hall–Kier alpha value is -2.71. The second-order valence-electron chi connectivity index (χ2n) is 10.2. The van der Waals surface area contributed by atoms with Crippen LogP contribution in [-0.4, -0.2) is 75.2 Å². The normalized spacial score (nSPS) is 19.4. The van der Waals surface area contributed by atoms with Crippen molar-refractivity contribution in [1.82, 2.24) is 29.3 Å². The molecule has 0 bridgehead atoms. The topological polar surface area (TPSA) is 74.9 Å². The van der Waals surface area contributed by atoms with Crippen LogP contribution in [0.3, 0.4) is 0 Å². The minimum absolute atomic E-state index is 0.0205. The quantitative estimate of drug-likeness (QED) is 0.529. The summed E-state index contributed by atoms with van der Waals surface area (Å²) in [5, 5.41) is 4.01. The maximum atomic E-state index is 13.1. The van der Waals surface area contributed by atoms with Crippen LogP contribution in [-0.2, 0) is 4.79 Å². The average Bonchev–Trinajstić information content (AvgIpc) is 3.21. The van der Waals surface area contributed by atoms with Crippen molar-refractivity contribution in [2.24, 2.45) is 0 Å². The summed E-state index contributed by atoms with van der Waals surface area (Å²) in [5.41, 5.74) is 2.00. The highest BCUT2D eigenvalue weighted by molar-refractivity contribution is 5.94. The van der Waals surface area contributed by atoms with Gasteiger partial charge in [-0.25, -0.2) is 4.52 Å². The molecule has 0 unspecified atom stereocenters. The summed E-state index contributed by atoms with van der Waals surface area (Å²) in [6, 6.07) is 9.70. The summed E-state index contributed by atoms with van der Waals surface area (Å²) in [6.45, 7) is 10.1. The zero-order valence-corrected chi connectivity index (χ0v) is 21.1. The number of carbonyl (C=O) groups is 1. The lowest BCUT2D eigenvalue weighted by molar-refractivity contribution is -0.124. The van der Waals surface area contributed by atoms with Gasteiger partial charge in [-0.1, -0.05) is 31.4 Å². The lowest BCUT2D eigenvalue weighted by Gasteiger charge is -2.40. The van der Waals surface area contributed by atoms with E-state index in [0.717, 1.165) is 48.7 Å². The van der Waals surface area contributed by atoms with Crippen molar-refractivity contribution in [2.45, 2.75) is 64.5 Å². The van der Waals surface area contributed by atoms with Crippen molar-refractivity contribution >= 4 is 22.5 Å². The van der Waals surface area contributed by atoms with E-state index in [1.807, 2.05) is 47.3 Å². The largest absolute Gasteiger partial charge is 0.354 e. The number of nitrogens with zero attached hydrogens (tertiary/aromatic N) is 5. The fraction of sp³-hybridized carbons (Fsp3) is 0.593. The molecule has 5 rings (SSSR count). The van der Waals surface area contributed by atoms with E-state index in [2.05, 4.69) is 20.1 Å². The molecule has 3 heterocycles. The molecule has 1 aliphatic carbocycles. The monoisotopic (exact) mass is 478 g/mol. The predicted molar refractivity (Wildman–Crippen MR) is 139 cm³/mol. The van der Waals surface area contributed by atoms with Crippen LogP contribution < -0.4 is 10.9 Å². The van der Waals surface area contributed by atoms with Gasteiger partial charge >= 0.3 is 0 Å². The van der Waals surface area contributed by atoms with Crippen molar-refractivity contribution in [3.63, 3.8) is 0 Å². The number of piperazine rings is 1. The Morgan fingerprint density at radius 1 is 1.11 bits per heavy atom. The highest BCUT2D eigenvalue weighted by Crippen LogP contribution is 2.25. The maximum Gasteiger partial charge on any atom is 0.273 e. The Morgan fingerprint density at radius 2 is 1.86 bits per heavy atom. The molecule has 1 atom stereocenters.